The van der Waals surface area contributed by atoms with Crippen LogP contribution in [-0.4, -0.2) is 71.0 Å². The van der Waals surface area contributed by atoms with Gasteiger partial charge < -0.3 is 14.8 Å². The highest BCUT2D eigenvalue weighted by Gasteiger charge is 2.34. The molecule has 2 amide bonds. The summed E-state index contributed by atoms with van der Waals surface area (Å²) in [6.07, 6.45) is 0.991. The average molecular weight is 440 g/mol. The lowest BCUT2D eigenvalue weighted by molar-refractivity contribution is -0.125. The van der Waals surface area contributed by atoms with Gasteiger partial charge in [0.2, 0.25) is 15.9 Å². The number of nitrogens with zero attached hydrogens (tertiary/aromatic N) is 2. The van der Waals surface area contributed by atoms with Gasteiger partial charge in [0.25, 0.3) is 5.91 Å². The van der Waals surface area contributed by atoms with E-state index in [9.17, 15) is 18.0 Å². The van der Waals surface area contributed by atoms with Crippen molar-refractivity contribution in [2.75, 3.05) is 51.4 Å². The Morgan fingerprint density at radius 1 is 1.27 bits per heavy atom. The lowest BCUT2D eigenvalue weighted by Gasteiger charge is -2.34. The molecule has 0 saturated carbocycles. The number of piperidine rings is 1. The van der Waals surface area contributed by atoms with Crippen LogP contribution < -0.4 is 15.0 Å². The maximum Gasteiger partial charge on any atom is 0.265 e. The molecular weight excluding hydrogens is 410 g/mol. The second-order valence-electron chi connectivity index (χ2n) is 8.01. The molecule has 0 aliphatic carbocycles. The predicted molar refractivity (Wildman–Crippen MR) is 111 cm³/mol. The van der Waals surface area contributed by atoms with E-state index < -0.39 is 15.9 Å². The largest absolute Gasteiger partial charge is 0.482 e. The van der Waals surface area contributed by atoms with Crippen molar-refractivity contribution < 1.29 is 27.5 Å². The lowest BCUT2D eigenvalue weighted by Crippen LogP contribution is -2.46. The Morgan fingerprint density at radius 2 is 1.97 bits per heavy atom. The third-order valence-corrected chi connectivity index (χ3v) is 7.10. The highest BCUT2D eigenvalue weighted by atomic mass is 32.2. The number of carbonyl (C=O) groups is 2. The molecule has 2 heterocycles. The van der Waals surface area contributed by atoms with Crippen LogP contribution in [-0.2, 0) is 24.3 Å². The van der Waals surface area contributed by atoms with Gasteiger partial charge in [-0.2, -0.15) is 4.31 Å². The van der Waals surface area contributed by atoms with Gasteiger partial charge in [0.15, 0.2) is 6.61 Å². The molecule has 1 saturated heterocycles. The van der Waals surface area contributed by atoms with E-state index in [1.807, 2.05) is 13.8 Å². The number of rotatable bonds is 7. The van der Waals surface area contributed by atoms with E-state index >= 15 is 0 Å². The third kappa shape index (κ3) is 4.93. The number of sulfonamides is 1. The molecule has 0 unspecified atom stereocenters. The molecule has 30 heavy (non-hydrogen) atoms. The Balaban J connectivity index is 1.86. The van der Waals surface area contributed by atoms with Crippen LogP contribution in [0.5, 0.6) is 5.75 Å². The Bertz CT molecular complexity index is 894. The van der Waals surface area contributed by atoms with Crippen LogP contribution in [0.25, 0.3) is 0 Å². The number of benzene rings is 1. The highest BCUT2D eigenvalue weighted by Crippen LogP contribution is 2.36. The second-order valence-corrected chi connectivity index (χ2v) is 9.95. The van der Waals surface area contributed by atoms with E-state index in [1.165, 1.54) is 28.4 Å². The van der Waals surface area contributed by atoms with Crippen LogP contribution in [0.2, 0.25) is 0 Å². The van der Waals surface area contributed by atoms with E-state index in [-0.39, 0.29) is 41.5 Å². The first kappa shape index (κ1) is 22.5. The topological polar surface area (TPSA) is 105 Å². The van der Waals surface area contributed by atoms with Crippen molar-refractivity contribution in [1.29, 1.82) is 0 Å². The van der Waals surface area contributed by atoms with Gasteiger partial charge >= 0.3 is 0 Å². The fourth-order valence-corrected chi connectivity index (χ4v) is 5.66. The van der Waals surface area contributed by atoms with E-state index in [0.29, 0.717) is 32.0 Å². The molecule has 2 aliphatic rings. The first-order chi connectivity index (χ1) is 14.2. The van der Waals surface area contributed by atoms with E-state index in [4.69, 9.17) is 9.47 Å². The second kappa shape index (κ2) is 9.32. The summed E-state index contributed by atoms with van der Waals surface area (Å²) in [4.78, 5) is 26.0. The van der Waals surface area contributed by atoms with Crippen LogP contribution in [0.1, 0.15) is 20.3 Å². The Kier molecular flexibility index (Phi) is 6.99. The van der Waals surface area contributed by atoms with Crippen molar-refractivity contribution >= 4 is 27.5 Å². The number of fused-ring (bicyclic) bond motifs is 1. The first-order valence-corrected chi connectivity index (χ1v) is 11.5. The zero-order valence-electron chi connectivity index (χ0n) is 17.6. The fraction of sp³-hybridized carbons (Fsp3) is 0.600. The van der Waals surface area contributed by atoms with Crippen LogP contribution in [0.4, 0.5) is 5.69 Å². The lowest BCUT2D eigenvalue weighted by atomic mass is 9.94. The number of anilines is 1. The van der Waals surface area contributed by atoms with Crippen LogP contribution in [0, 0.1) is 11.8 Å². The van der Waals surface area contributed by atoms with Gasteiger partial charge in [0.1, 0.15) is 12.3 Å². The van der Waals surface area contributed by atoms with Gasteiger partial charge in [-0.25, -0.2) is 8.42 Å². The van der Waals surface area contributed by atoms with Gasteiger partial charge in [-0.3, -0.25) is 14.5 Å². The third-order valence-electron chi connectivity index (χ3n) is 5.28. The molecule has 9 nitrogen and oxygen atoms in total. The molecule has 2 aliphatic heterocycles. The van der Waals surface area contributed by atoms with Crippen molar-refractivity contribution in [3.63, 3.8) is 0 Å². The summed E-state index contributed by atoms with van der Waals surface area (Å²) in [6, 6.07) is 4.46. The normalized spacial score (nSPS) is 22.4. The maximum atomic E-state index is 13.2. The van der Waals surface area contributed by atoms with Crippen LogP contribution >= 0.6 is 0 Å². The Morgan fingerprint density at radius 3 is 2.63 bits per heavy atom. The van der Waals surface area contributed by atoms with Crippen molar-refractivity contribution in [2.45, 2.75) is 25.2 Å². The molecule has 0 aromatic heterocycles. The minimum Gasteiger partial charge on any atom is -0.482 e. The molecule has 166 valence electrons. The summed E-state index contributed by atoms with van der Waals surface area (Å²) in [5, 5.41) is 2.66. The molecule has 1 fully saturated rings. The number of methoxy groups -OCH3 is 1. The van der Waals surface area contributed by atoms with Crippen LogP contribution in [0.3, 0.4) is 0 Å². The standard InChI is InChI=1S/C20H29N3O6S/c1-14-8-15(2)11-22(10-14)30(26,27)16-4-5-18-17(9-16)23(20(25)13-29-18)12-19(24)21-6-7-28-3/h4-5,9,14-15H,6-8,10-13H2,1-3H3,(H,21,24)/t14-,15-/m0/s1. The number of nitrogens with one attached hydrogen (secondary N) is 1. The van der Waals surface area contributed by atoms with Crippen molar-refractivity contribution in [3.05, 3.63) is 18.2 Å². The quantitative estimate of drug-likeness (QED) is 0.632. The van der Waals surface area contributed by atoms with E-state index in [1.54, 1.807) is 6.07 Å². The van der Waals surface area contributed by atoms with Gasteiger partial charge in [-0.1, -0.05) is 13.8 Å². The molecule has 0 bridgehead atoms. The van der Waals surface area contributed by atoms with Gasteiger partial charge in [0.05, 0.1) is 17.2 Å². The number of hydrogen-bond acceptors (Lipinski definition) is 6. The van der Waals surface area contributed by atoms with Gasteiger partial charge in [0, 0.05) is 26.7 Å². The van der Waals surface area contributed by atoms with Crippen LogP contribution in [0.15, 0.2) is 23.1 Å². The molecule has 2 atom stereocenters. The van der Waals surface area contributed by atoms with Gasteiger partial charge in [-0.05, 0) is 36.5 Å². The Hall–Kier alpha value is -2.17. The number of carbonyl (C=O) groups excluding carboxylic acids is 2. The minimum absolute atomic E-state index is 0.0886. The molecule has 1 aromatic carbocycles. The smallest absolute Gasteiger partial charge is 0.265 e. The molecular formula is C20H29N3O6S. The number of hydrogen-bond donors (Lipinski definition) is 1. The number of ether oxygens (including phenoxy) is 2. The Labute approximate surface area is 177 Å². The summed E-state index contributed by atoms with van der Waals surface area (Å²) < 4.78 is 38.3. The average Bonchev–Trinajstić information content (AvgIpc) is 2.69. The summed E-state index contributed by atoms with van der Waals surface area (Å²) in [5.41, 5.74) is 0.285. The summed E-state index contributed by atoms with van der Waals surface area (Å²) >= 11 is 0. The number of amides is 2. The van der Waals surface area contributed by atoms with Gasteiger partial charge in [-0.15, -0.1) is 0 Å². The fourth-order valence-electron chi connectivity index (χ4n) is 3.96. The van der Waals surface area contributed by atoms with Crippen molar-refractivity contribution in [1.82, 2.24) is 9.62 Å². The predicted octanol–water partition coefficient (Wildman–Crippen LogP) is 0.841. The zero-order chi connectivity index (χ0) is 21.9. The zero-order valence-corrected chi connectivity index (χ0v) is 18.4. The summed E-state index contributed by atoms with van der Waals surface area (Å²) in [7, 11) is -2.20. The summed E-state index contributed by atoms with van der Waals surface area (Å²) in [6.45, 7) is 5.26. The van der Waals surface area contributed by atoms with Crippen molar-refractivity contribution in [2.24, 2.45) is 11.8 Å². The minimum atomic E-state index is -3.73. The maximum absolute atomic E-state index is 13.2. The molecule has 0 radical (unpaired) electrons. The molecule has 3 rings (SSSR count). The highest BCUT2D eigenvalue weighted by molar-refractivity contribution is 7.89. The SMILES string of the molecule is COCCNC(=O)CN1C(=O)COc2ccc(S(=O)(=O)N3C[C@@H](C)C[C@H](C)C3)cc21. The summed E-state index contributed by atoms with van der Waals surface area (Å²) in [5.74, 6) is 0.162. The molecule has 0 spiro atoms. The van der Waals surface area contributed by atoms with E-state index in [0.717, 1.165) is 6.42 Å². The molecule has 1 N–H and O–H groups in total. The first-order valence-electron chi connectivity index (χ1n) is 10.1. The van der Waals surface area contributed by atoms with Crippen molar-refractivity contribution in [3.8, 4) is 5.75 Å². The monoisotopic (exact) mass is 439 g/mol. The molecule has 10 heteroatoms. The van der Waals surface area contributed by atoms with E-state index in [2.05, 4.69) is 5.32 Å². The molecule has 1 aromatic rings.